The summed E-state index contributed by atoms with van der Waals surface area (Å²) in [5, 5.41) is 8.66. The Morgan fingerprint density at radius 1 is 1.19 bits per heavy atom. The van der Waals surface area contributed by atoms with Gasteiger partial charge in [0.2, 0.25) is 0 Å². The predicted octanol–water partition coefficient (Wildman–Crippen LogP) is 1.71. The van der Waals surface area contributed by atoms with Crippen LogP contribution in [0.3, 0.4) is 0 Å². The van der Waals surface area contributed by atoms with Crippen molar-refractivity contribution in [1.82, 2.24) is 0 Å². The van der Waals surface area contributed by atoms with E-state index in [0.29, 0.717) is 18.4 Å². The molecule has 1 aliphatic carbocycles. The maximum Gasteiger partial charge on any atom is 0.338 e. The lowest BCUT2D eigenvalue weighted by Gasteiger charge is -2.31. The third-order valence-corrected chi connectivity index (χ3v) is 2.73. The fourth-order valence-electron chi connectivity index (χ4n) is 1.66. The Morgan fingerprint density at radius 3 is 2.38 bits per heavy atom. The molecule has 4 nitrogen and oxygen atoms in total. The van der Waals surface area contributed by atoms with Crippen LogP contribution in [0.4, 0.5) is 0 Å². The number of carboxylic acids is 1. The van der Waals surface area contributed by atoms with E-state index in [2.05, 4.69) is 0 Å². The third kappa shape index (κ3) is 2.21. The molecule has 1 aromatic carbocycles. The van der Waals surface area contributed by atoms with Gasteiger partial charge in [-0.1, -0.05) is 18.2 Å². The second-order valence-electron chi connectivity index (χ2n) is 3.90. The molecule has 0 heterocycles. The summed E-state index contributed by atoms with van der Waals surface area (Å²) in [4.78, 5) is 22.1. The van der Waals surface area contributed by atoms with Crippen LogP contribution in [0.25, 0.3) is 0 Å². The van der Waals surface area contributed by atoms with E-state index in [1.807, 2.05) is 6.07 Å². The van der Waals surface area contributed by atoms with Crippen molar-refractivity contribution in [2.45, 2.75) is 18.9 Å². The van der Waals surface area contributed by atoms with Gasteiger partial charge in [-0.25, -0.2) is 4.79 Å². The molecule has 0 spiro atoms. The van der Waals surface area contributed by atoms with Crippen LogP contribution in [0.2, 0.25) is 0 Å². The van der Waals surface area contributed by atoms with Crippen molar-refractivity contribution in [3.63, 3.8) is 0 Å². The molecule has 0 radical (unpaired) electrons. The van der Waals surface area contributed by atoms with Gasteiger partial charge in [0, 0.05) is 0 Å². The average molecular weight is 220 g/mol. The van der Waals surface area contributed by atoms with Crippen LogP contribution < -0.4 is 0 Å². The first-order valence-corrected chi connectivity index (χ1v) is 5.15. The number of hydrogen-bond donors (Lipinski definition) is 1. The summed E-state index contributed by atoms with van der Waals surface area (Å²) in [6, 6.07) is 8.70. The lowest BCUT2D eigenvalue weighted by molar-refractivity contribution is -0.149. The number of carboxylic acid groups (broad SMARTS) is 1. The summed E-state index contributed by atoms with van der Waals surface area (Å²) in [6.07, 6.45) is 0.607. The molecular weight excluding hydrogens is 208 g/mol. The first-order chi connectivity index (χ1) is 7.66. The summed E-state index contributed by atoms with van der Waals surface area (Å²) in [7, 11) is 0. The number of rotatable bonds is 3. The van der Waals surface area contributed by atoms with Crippen molar-refractivity contribution in [1.29, 1.82) is 0 Å². The predicted molar refractivity (Wildman–Crippen MR) is 56.0 cm³/mol. The molecule has 16 heavy (non-hydrogen) atoms. The fourth-order valence-corrected chi connectivity index (χ4v) is 1.66. The van der Waals surface area contributed by atoms with E-state index >= 15 is 0 Å². The summed E-state index contributed by atoms with van der Waals surface area (Å²) >= 11 is 0. The number of benzene rings is 1. The van der Waals surface area contributed by atoms with Crippen molar-refractivity contribution >= 4 is 11.9 Å². The van der Waals surface area contributed by atoms with Gasteiger partial charge in [0.25, 0.3) is 0 Å². The minimum absolute atomic E-state index is 0.242. The lowest BCUT2D eigenvalue weighted by Crippen LogP contribution is -2.37. The Hall–Kier alpha value is -1.84. The van der Waals surface area contributed by atoms with E-state index in [9.17, 15) is 9.59 Å². The second kappa shape index (κ2) is 4.35. The first kappa shape index (κ1) is 10.7. The van der Waals surface area contributed by atoms with Crippen LogP contribution in [-0.2, 0) is 9.53 Å². The molecule has 1 fully saturated rings. The molecule has 1 saturated carbocycles. The second-order valence-corrected chi connectivity index (χ2v) is 3.90. The maximum atomic E-state index is 11.6. The van der Waals surface area contributed by atoms with E-state index in [0.717, 1.165) is 0 Å². The molecule has 4 heteroatoms. The zero-order valence-electron chi connectivity index (χ0n) is 8.63. The number of esters is 1. The highest BCUT2D eigenvalue weighted by Gasteiger charge is 2.37. The minimum Gasteiger partial charge on any atom is -0.481 e. The largest absolute Gasteiger partial charge is 0.481 e. The standard InChI is InChI=1S/C12H12O4/c13-11(14)9-6-10(7-9)16-12(15)8-4-2-1-3-5-8/h1-5,9-10H,6-7H2,(H,13,14). The van der Waals surface area contributed by atoms with Gasteiger partial charge in [-0.3, -0.25) is 4.79 Å². The highest BCUT2D eigenvalue weighted by Crippen LogP contribution is 2.30. The van der Waals surface area contributed by atoms with Gasteiger partial charge in [0.05, 0.1) is 11.5 Å². The molecular formula is C12H12O4. The highest BCUT2D eigenvalue weighted by molar-refractivity contribution is 5.89. The Labute approximate surface area is 92.8 Å². The van der Waals surface area contributed by atoms with Gasteiger partial charge in [0.1, 0.15) is 6.10 Å². The molecule has 2 rings (SSSR count). The van der Waals surface area contributed by atoms with Gasteiger partial charge in [-0.2, -0.15) is 0 Å². The number of aliphatic carboxylic acids is 1. The third-order valence-electron chi connectivity index (χ3n) is 2.73. The average Bonchev–Trinajstić information content (AvgIpc) is 2.23. The van der Waals surface area contributed by atoms with Crippen LogP contribution >= 0.6 is 0 Å². The van der Waals surface area contributed by atoms with Crippen molar-refractivity contribution in [3.05, 3.63) is 35.9 Å². The van der Waals surface area contributed by atoms with Crippen molar-refractivity contribution < 1.29 is 19.4 Å². The van der Waals surface area contributed by atoms with Gasteiger partial charge in [0.15, 0.2) is 0 Å². The van der Waals surface area contributed by atoms with Crippen molar-refractivity contribution in [2.24, 2.45) is 5.92 Å². The molecule has 84 valence electrons. The van der Waals surface area contributed by atoms with E-state index in [4.69, 9.17) is 9.84 Å². The van der Waals surface area contributed by atoms with Crippen molar-refractivity contribution in [3.8, 4) is 0 Å². The molecule has 0 saturated heterocycles. The topological polar surface area (TPSA) is 63.6 Å². The van der Waals surface area contributed by atoms with Crippen LogP contribution in [0, 0.1) is 5.92 Å². The van der Waals surface area contributed by atoms with E-state index in [1.54, 1.807) is 24.3 Å². The molecule has 0 bridgehead atoms. The number of carbonyl (C=O) groups excluding carboxylic acids is 1. The lowest BCUT2D eigenvalue weighted by atomic mass is 9.82. The maximum absolute atomic E-state index is 11.6. The first-order valence-electron chi connectivity index (χ1n) is 5.15. The van der Waals surface area contributed by atoms with Gasteiger partial charge in [-0.05, 0) is 25.0 Å². The smallest absolute Gasteiger partial charge is 0.338 e. The molecule has 0 atom stereocenters. The summed E-state index contributed by atoms with van der Waals surface area (Å²) in [6.45, 7) is 0. The zero-order chi connectivity index (χ0) is 11.5. The monoisotopic (exact) mass is 220 g/mol. The van der Waals surface area contributed by atoms with E-state index in [-0.39, 0.29) is 18.0 Å². The van der Waals surface area contributed by atoms with Crippen LogP contribution in [0.15, 0.2) is 30.3 Å². The van der Waals surface area contributed by atoms with Gasteiger partial charge < -0.3 is 9.84 Å². The Balaban J connectivity index is 1.84. The van der Waals surface area contributed by atoms with E-state index in [1.165, 1.54) is 0 Å². The molecule has 0 aromatic heterocycles. The highest BCUT2D eigenvalue weighted by atomic mass is 16.5. The van der Waals surface area contributed by atoms with Crippen LogP contribution in [0.5, 0.6) is 0 Å². The Kier molecular flexibility index (Phi) is 2.90. The number of ether oxygens (including phenoxy) is 1. The molecule has 0 aliphatic heterocycles. The molecule has 1 N–H and O–H groups in total. The Bertz CT molecular complexity index is 393. The fraction of sp³-hybridized carbons (Fsp3) is 0.333. The summed E-state index contributed by atoms with van der Waals surface area (Å²) < 4.78 is 5.15. The summed E-state index contributed by atoms with van der Waals surface area (Å²) in [5.41, 5.74) is 0.501. The summed E-state index contributed by atoms with van der Waals surface area (Å²) in [5.74, 6) is -1.55. The Morgan fingerprint density at radius 2 is 1.81 bits per heavy atom. The molecule has 0 unspecified atom stereocenters. The normalized spacial score (nSPS) is 23.2. The molecule has 0 amide bonds. The minimum atomic E-state index is -0.813. The SMILES string of the molecule is O=C(OC1CC(C(=O)O)C1)c1ccccc1. The van der Waals surface area contributed by atoms with Gasteiger partial charge >= 0.3 is 11.9 Å². The van der Waals surface area contributed by atoms with Gasteiger partial charge in [-0.15, -0.1) is 0 Å². The molecule has 1 aliphatic rings. The van der Waals surface area contributed by atoms with Crippen molar-refractivity contribution in [2.75, 3.05) is 0 Å². The van der Waals surface area contributed by atoms with Crippen LogP contribution in [-0.4, -0.2) is 23.1 Å². The number of hydrogen-bond acceptors (Lipinski definition) is 3. The number of carbonyl (C=O) groups is 2. The molecule has 1 aromatic rings. The van der Waals surface area contributed by atoms with Crippen LogP contribution in [0.1, 0.15) is 23.2 Å². The zero-order valence-corrected chi connectivity index (χ0v) is 8.63. The quantitative estimate of drug-likeness (QED) is 0.787. The van der Waals surface area contributed by atoms with E-state index < -0.39 is 5.97 Å².